The molecule has 0 heterocycles. The van der Waals surface area contributed by atoms with E-state index in [4.69, 9.17) is 26.2 Å². The van der Waals surface area contributed by atoms with Crippen molar-refractivity contribution in [1.29, 1.82) is 0 Å². The van der Waals surface area contributed by atoms with Crippen molar-refractivity contribution >= 4 is 23.3 Å². The Hall–Kier alpha value is -2.24. The number of anilines is 1. The van der Waals surface area contributed by atoms with Crippen LogP contribution in [0, 0.1) is 0 Å². The SMILES string of the molecule is CCOCCOc1c(Cl)cccc1NCc1ccc(C(=O)O)cc1. The van der Waals surface area contributed by atoms with Crippen LogP contribution in [0.2, 0.25) is 5.02 Å². The molecule has 0 saturated heterocycles. The van der Waals surface area contributed by atoms with Gasteiger partial charge in [-0.2, -0.15) is 0 Å². The number of nitrogens with one attached hydrogen (secondary N) is 1. The van der Waals surface area contributed by atoms with Gasteiger partial charge in [-0.15, -0.1) is 0 Å². The van der Waals surface area contributed by atoms with E-state index in [0.29, 0.717) is 37.1 Å². The van der Waals surface area contributed by atoms with Gasteiger partial charge in [0.05, 0.1) is 22.9 Å². The van der Waals surface area contributed by atoms with Gasteiger partial charge >= 0.3 is 5.97 Å². The number of benzene rings is 2. The lowest BCUT2D eigenvalue weighted by Crippen LogP contribution is -2.09. The Kier molecular flexibility index (Phi) is 6.90. The van der Waals surface area contributed by atoms with Gasteiger partial charge in [0.2, 0.25) is 0 Å². The Morgan fingerprint density at radius 2 is 1.92 bits per heavy atom. The quantitative estimate of drug-likeness (QED) is 0.668. The summed E-state index contributed by atoms with van der Waals surface area (Å²) in [5.74, 6) is -0.352. The van der Waals surface area contributed by atoms with Crippen molar-refractivity contribution in [3.8, 4) is 5.75 Å². The van der Waals surface area contributed by atoms with Crippen LogP contribution in [0.25, 0.3) is 0 Å². The first kappa shape index (κ1) is 18.1. The summed E-state index contributed by atoms with van der Waals surface area (Å²) >= 11 is 6.21. The summed E-state index contributed by atoms with van der Waals surface area (Å²) in [6.07, 6.45) is 0. The third kappa shape index (κ3) is 5.15. The first-order chi connectivity index (χ1) is 11.6. The lowest BCUT2D eigenvalue weighted by Gasteiger charge is -2.15. The number of ether oxygens (including phenoxy) is 2. The lowest BCUT2D eigenvalue weighted by atomic mass is 10.1. The van der Waals surface area contributed by atoms with E-state index in [0.717, 1.165) is 11.3 Å². The number of para-hydroxylation sites is 1. The molecule has 0 radical (unpaired) electrons. The lowest BCUT2D eigenvalue weighted by molar-refractivity contribution is 0.0697. The number of halogens is 1. The van der Waals surface area contributed by atoms with E-state index in [1.807, 2.05) is 19.1 Å². The molecule has 0 aromatic heterocycles. The molecule has 2 aromatic rings. The summed E-state index contributed by atoms with van der Waals surface area (Å²) in [6.45, 7) is 4.01. The van der Waals surface area contributed by atoms with Crippen molar-refractivity contribution in [3.05, 3.63) is 58.6 Å². The van der Waals surface area contributed by atoms with Crippen molar-refractivity contribution < 1.29 is 19.4 Å². The van der Waals surface area contributed by atoms with Crippen LogP contribution in [0.15, 0.2) is 42.5 Å². The molecule has 24 heavy (non-hydrogen) atoms. The third-order valence-corrected chi connectivity index (χ3v) is 3.63. The van der Waals surface area contributed by atoms with E-state index in [-0.39, 0.29) is 5.56 Å². The summed E-state index contributed by atoms with van der Waals surface area (Å²) in [4.78, 5) is 10.9. The van der Waals surface area contributed by atoms with Gasteiger partial charge in [0.25, 0.3) is 0 Å². The van der Waals surface area contributed by atoms with E-state index in [1.54, 1.807) is 30.3 Å². The van der Waals surface area contributed by atoms with Crippen LogP contribution in [-0.4, -0.2) is 30.9 Å². The molecule has 0 saturated carbocycles. The summed E-state index contributed by atoms with van der Waals surface area (Å²) in [5, 5.41) is 12.7. The fourth-order valence-electron chi connectivity index (χ4n) is 2.10. The average molecular weight is 350 g/mol. The minimum Gasteiger partial charge on any atom is -0.487 e. The van der Waals surface area contributed by atoms with Crippen molar-refractivity contribution in [2.45, 2.75) is 13.5 Å². The highest BCUT2D eigenvalue weighted by atomic mass is 35.5. The molecule has 0 fully saturated rings. The van der Waals surface area contributed by atoms with E-state index < -0.39 is 5.97 Å². The van der Waals surface area contributed by atoms with Gasteiger partial charge in [-0.1, -0.05) is 29.8 Å². The molecule has 0 aliphatic heterocycles. The molecule has 0 amide bonds. The average Bonchev–Trinajstić information content (AvgIpc) is 2.58. The zero-order valence-corrected chi connectivity index (χ0v) is 14.2. The summed E-state index contributed by atoms with van der Waals surface area (Å²) in [7, 11) is 0. The Morgan fingerprint density at radius 1 is 1.17 bits per heavy atom. The molecule has 0 atom stereocenters. The zero-order valence-electron chi connectivity index (χ0n) is 13.4. The first-order valence-corrected chi connectivity index (χ1v) is 8.04. The topological polar surface area (TPSA) is 67.8 Å². The Balaban J connectivity index is 2.00. The fraction of sp³-hybridized carbons (Fsp3) is 0.278. The van der Waals surface area contributed by atoms with Gasteiger partial charge in [-0.3, -0.25) is 0 Å². The standard InChI is InChI=1S/C18H20ClNO4/c1-2-23-10-11-24-17-15(19)4-3-5-16(17)20-12-13-6-8-14(9-7-13)18(21)22/h3-9,20H,2,10-12H2,1H3,(H,21,22). The molecule has 128 valence electrons. The number of hydrogen-bond acceptors (Lipinski definition) is 4. The highest BCUT2D eigenvalue weighted by Crippen LogP contribution is 2.33. The number of rotatable bonds is 9. The second-order valence-electron chi connectivity index (χ2n) is 5.02. The van der Waals surface area contributed by atoms with Crippen LogP contribution in [-0.2, 0) is 11.3 Å². The molecule has 0 spiro atoms. The minimum atomic E-state index is -0.936. The van der Waals surface area contributed by atoms with Gasteiger partial charge in [-0.25, -0.2) is 4.79 Å². The molecule has 0 bridgehead atoms. The zero-order chi connectivity index (χ0) is 17.4. The highest BCUT2D eigenvalue weighted by Gasteiger charge is 2.09. The molecule has 5 nitrogen and oxygen atoms in total. The summed E-state index contributed by atoms with van der Waals surface area (Å²) in [6, 6.07) is 12.2. The van der Waals surface area contributed by atoms with E-state index in [1.165, 1.54) is 0 Å². The number of carboxylic acids is 1. The van der Waals surface area contributed by atoms with Gasteiger partial charge < -0.3 is 19.9 Å². The maximum Gasteiger partial charge on any atom is 0.335 e. The van der Waals surface area contributed by atoms with Crippen molar-refractivity contribution in [2.24, 2.45) is 0 Å². The number of carboxylic acid groups (broad SMARTS) is 1. The van der Waals surface area contributed by atoms with Crippen LogP contribution in [0.5, 0.6) is 5.75 Å². The van der Waals surface area contributed by atoms with Gasteiger partial charge in [0.15, 0.2) is 5.75 Å². The number of carbonyl (C=O) groups is 1. The molecule has 2 aromatic carbocycles. The smallest absolute Gasteiger partial charge is 0.335 e. The largest absolute Gasteiger partial charge is 0.487 e. The van der Waals surface area contributed by atoms with Crippen LogP contribution < -0.4 is 10.1 Å². The molecular weight excluding hydrogens is 330 g/mol. The molecule has 2 rings (SSSR count). The number of aromatic carboxylic acids is 1. The highest BCUT2D eigenvalue weighted by molar-refractivity contribution is 6.32. The summed E-state index contributed by atoms with van der Waals surface area (Å²) < 4.78 is 11.0. The van der Waals surface area contributed by atoms with Crippen LogP contribution in [0.3, 0.4) is 0 Å². The molecular formula is C18H20ClNO4. The molecule has 2 N–H and O–H groups in total. The second-order valence-corrected chi connectivity index (χ2v) is 5.42. The van der Waals surface area contributed by atoms with Crippen molar-refractivity contribution in [3.63, 3.8) is 0 Å². The minimum absolute atomic E-state index is 0.265. The Bertz CT molecular complexity index is 673. The summed E-state index contributed by atoms with van der Waals surface area (Å²) in [5.41, 5.74) is 2.00. The van der Waals surface area contributed by atoms with Crippen LogP contribution in [0.1, 0.15) is 22.8 Å². The predicted octanol–water partition coefficient (Wildman–Crippen LogP) is 4.07. The van der Waals surface area contributed by atoms with E-state index >= 15 is 0 Å². The van der Waals surface area contributed by atoms with Crippen molar-refractivity contribution in [2.75, 3.05) is 25.1 Å². The van der Waals surface area contributed by atoms with Crippen LogP contribution >= 0.6 is 11.6 Å². The molecule has 0 unspecified atom stereocenters. The van der Waals surface area contributed by atoms with Crippen LogP contribution in [0.4, 0.5) is 5.69 Å². The maximum atomic E-state index is 10.9. The molecule has 0 aliphatic carbocycles. The van der Waals surface area contributed by atoms with Gasteiger partial charge in [0, 0.05) is 13.2 Å². The Labute approximate surface area is 146 Å². The maximum absolute atomic E-state index is 10.9. The fourth-order valence-corrected chi connectivity index (χ4v) is 2.33. The Morgan fingerprint density at radius 3 is 2.58 bits per heavy atom. The molecule has 0 aliphatic rings. The van der Waals surface area contributed by atoms with Gasteiger partial charge in [-0.05, 0) is 36.8 Å². The molecule has 6 heteroatoms. The third-order valence-electron chi connectivity index (χ3n) is 3.33. The number of hydrogen-bond donors (Lipinski definition) is 2. The van der Waals surface area contributed by atoms with Gasteiger partial charge in [0.1, 0.15) is 6.61 Å². The monoisotopic (exact) mass is 349 g/mol. The second kappa shape index (κ2) is 9.15. The predicted molar refractivity (Wildman–Crippen MR) is 94.2 cm³/mol. The van der Waals surface area contributed by atoms with E-state index in [2.05, 4.69) is 5.32 Å². The first-order valence-electron chi connectivity index (χ1n) is 7.67. The van der Waals surface area contributed by atoms with E-state index in [9.17, 15) is 4.79 Å². The normalized spacial score (nSPS) is 10.4. The van der Waals surface area contributed by atoms with Crippen molar-refractivity contribution in [1.82, 2.24) is 0 Å².